The first kappa shape index (κ1) is 10.7. The SMILES string of the molecule is O=CCCSc1ccc([N+](=O)[O-])cc1. The van der Waals surface area contributed by atoms with Crippen molar-refractivity contribution < 1.29 is 9.72 Å². The summed E-state index contributed by atoms with van der Waals surface area (Å²) in [4.78, 5) is 20.9. The molecule has 1 aromatic carbocycles. The van der Waals surface area contributed by atoms with Crippen LogP contribution in [0.15, 0.2) is 29.2 Å². The highest BCUT2D eigenvalue weighted by atomic mass is 32.2. The van der Waals surface area contributed by atoms with Crippen molar-refractivity contribution in [3.63, 3.8) is 0 Å². The van der Waals surface area contributed by atoms with Gasteiger partial charge in [0.2, 0.25) is 0 Å². The second-order valence-electron chi connectivity index (χ2n) is 2.55. The van der Waals surface area contributed by atoms with Crippen molar-refractivity contribution in [2.24, 2.45) is 0 Å². The van der Waals surface area contributed by atoms with Gasteiger partial charge < -0.3 is 4.79 Å². The van der Waals surface area contributed by atoms with E-state index in [-0.39, 0.29) is 5.69 Å². The van der Waals surface area contributed by atoms with Gasteiger partial charge in [0.25, 0.3) is 5.69 Å². The first-order valence-electron chi connectivity index (χ1n) is 4.05. The number of hydrogen-bond donors (Lipinski definition) is 0. The molecular formula is C9H9NO3S. The molecule has 1 aromatic rings. The van der Waals surface area contributed by atoms with E-state index >= 15 is 0 Å². The lowest BCUT2D eigenvalue weighted by atomic mass is 10.3. The van der Waals surface area contributed by atoms with Crippen LogP contribution >= 0.6 is 11.8 Å². The minimum absolute atomic E-state index is 0.0877. The number of hydrogen-bond acceptors (Lipinski definition) is 4. The average molecular weight is 211 g/mol. The van der Waals surface area contributed by atoms with Crippen molar-refractivity contribution in [1.29, 1.82) is 0 Å². The van der Waals surface area contributed by atoms with Crippen LogP contribution in [0.5, 0.6) is 0 Å². The number of aldehydes is 1. The van der Waals surface area contributed by atoms with Gasteiger partial charge in [0.15, 0.2) is 0 Å². The standard InChI is InChI=1S/C9H9NO3S/c11-6-1-7-14-9-4-2-8(3-5-9)10(12)13/h2-6H,1,7H2. The Morgan fingerprint density at radius 2 is 2.00 bits per heavy atom. The van der Waals surface area contributed by atoms with Gasteiger partial charge in [-0.3, -0.25) is 10.1 Å². The van der Waals surface area contributed by atoms with Crippen molar-refractivity contribution in [3.05, 3.63) is 34.4 Å². The average Bonchev–Trinajstić information content (AvgIpc) is 2.19. The number of carbonyl (C=O) groups is 1. The van der Waals surface area contributed by atoms with E-state index in [9.17, 15) is 14.9 Å². The molecule has 0 fully saturated rings. The van der Waals surface area contributed by atoms with Gasteiger partial charge in [0, 0.05) is 29.2 Å². The van der Waals surface area contributed by atoms with E-state index in [1.54, 1.807) is 12.1 Å². The molecule has 1 rings (SSSR count). The molecule has 0 aliphatic carbocycles. The van der Waals surface area contributed by atoms with Crippen molar-refractivity contribution >= 4 is 23.7 Å². The number of rotatable bonds is 5. The van der Waals surface area contributed by atoms with Crippen LogP contribution in [0.2, 0.25) is 0 Å². The zero-order valence-corrected chi connectivity index (χ0v) is 8.20. The summed E-state index contributed by atoms with van der Waals surface area (Å²) < 4.78 is 0. The summed E-state index contributed by atoms with van der Waals surface area (Å²) in [5.41, 5.74) is 0.0877. The first-order chi connectivity index (χ1) is 6.74. The quantitative estimate of drug-likeness (QED) is 0.246. The number of nitrogens with zero attached hydrogens (tertiary/aromatic N) is 1. The van der Waals surface area contributed by atoms with Gasteiger partial charge >= 0.3 is 0 Å². The lowest BCUT2D eigenvalue weighted by Crippen LogP contribution is -1.87. The zero-order valence-electron chi connectivity index (χ0n) is 7.38. The fourth-order valence-corrected chi connectivity index (χ4v) is 1.67. The number of non-ortho nitro benzene ring substituents is 1. The van der Waals surface area contributed by atoms with Crippen LogP contribution in [0.4, 0.5) is 5.69 Å². The molecule has 0 atom stereocenters. The summed E-state index contributed by atoms with van der Waals surface area (Å²) in [6.45, 7) is 0. The zero-order chi connectivity index (χ0) is 10.4. The second-order valence-corrected chi connectivity index (χ2v) is 3.72. The highest BCUT2D eigenvalue weighted by Crippen LogP contribution is 2.21. The topological polar surface area (TPSA) is 60.2 Å². The summed E-state index contributed by atoms with van der Waals surface area (Å²) in [6.07, 6.45) is 1.36. The lowest BCUT2D eigenvalue weighted by Gasteiger charge is -1.97. The smallest absolute Gasteiger partial charge is 0.269 e. The van der Waals surface area contributed by atoms with Crippen molar-refractivity contribution in [3.8, 4) is 0 Å². The molecule has 0 aromatic heterocycles. The molecule has 0 bridgehead atoms. The molecule has 0 spiro atoms. The van der Waals surface area contributed by atoms with E-state index in [1.165, 1.54) is 23.9 Å². The van der Waals surface area contributed by atoms with E-state index in [0.717, 1.165) is 11.2 Å². The summed E-state index contributed by atoms with van der Waals surface area (Å²) in [5, 5.41) is 10.3. The summed E-state index contributed by atoms with van der Waals surface area (Å²) in [6, 6.07) is 6.30. The van der Waals surface area contributed by atoms with Crippen LogP contribution in [0.3, 0.4) is 0 Å². The summed E-state index contributed by atoms with van der Waals surface area (Å²) in [5.74, 6) is 0.710. The molecule has 0 saturated heterocycles. The Bertz CT molecular complexity index is 323. The number of benzene rings is 1. The molecule has 14 heavy (non-hydrogen) atoms. The maximum absolute atomic E-state index is 10.3. The molecular weight excluding hydrogens is 202 g/mol. The van der Waals surface area contributed by atoms with Crippen LogP contribution < -0.4 is 0 Å². The summed E-state index contributed by atoms with van der Waals surface area (Å²) in [7, 11) is 0. The Morgan fingerprint density at radius 3 is 2.50 bits per heavy atom. The molecule has 0 aliphatic heterocycles. The summed E-state index contributed by atoms with van der Waals surface area (Å²) >= 11 is 1.51. The molecule has 0 saturated carbocycles. The second kappa shape index (κ2) is 5.39. The molecule has 0 heterocycles. The highest BCUT2D eigenvalue weighted by Gasteiger charge is 2.03. The van der Waals surface area contributed by atoms with Crippen LogP contribution in [0.25, 0.3) is 0 Å². The van der Waals surface area contributed by atoms with E-state index in [2.05, 4.69) is 0 Å². The minimum Gasteiger partial charge on any atom is -0.303 e. The van der Waals surface area contributed by atoms with Crippen LogP contribution in [-0.2, 0) is 4.79 Å². The predicted octanol–water partition coefficient (Wildman–Crippen LogP) is 2.28. The van der Waals surface area contributed by atoms with Gasteiger partial charge in [0.1, 0.15) is 6.29 Å². The van der Waals surface area contributed by atoms with Crippen molar-refractivity contribution in [1.82, 2.24) is 0 Å². The largest absolute Gasteiger partial charge is 0.303 e. The maximum Gasteiger partial charge on any atom is 0.269 e. The Kier molecular flexibility index (Phi) is 4.12. The van der Waals surface area contributed by atoms with Gasteiger partial charge in [-0.1, -0.05) is 0 Å². The fourth-order valence-electron chi connectivity index (χ4n) is 0.889. The lowest BCUT2D eigenvalue weighted by molar-refractivity contribution is -0.384. The number of thioether (sulfide) groups is 1. The Hall–Kier alpha value is -1.36. The van der Waals surface area contributed by atoms with E-state index in [1.807, 2.05) is 0 Å². The molecule has 0 unspecified atom stereocenters. The van der Waals surface area contributed by atoms with Crippen LogP contribution in [-0.4, -0.2) is 17.0 Å². The molecule has 74 valence electrons. The van der Waals surface area contributed by atoms with Gasteiger partial charge in [0.05, 0.1) is 4.92 Å². The van der Waals surface area contributed by atoms with Crippen molar-refractivity contribution in [2.45, 2.75) is 11.3 Å². The highest BCUT2D eigenvalue weighted by molar-refractivity contribution is 7.99. The van der Waals surface area contributed by atoms with Gasteiger partial charge in [-0.05, 0) is 12.1 Å². The third-order valence-electron chi connectivity index (χ3n) is 1.55. The molecule has 0 radical (unpaired) electrons. The molecule has 0 N–H and O–H groups in total. The van der Waals surface area contributed by atoms with Gasteiger partial charge in [-0.2, -0.15) is 0 Å². The Morgan fingerprint density at radius 1 is 1.36 bits per heavy atom. The number of nitro groups is 1. The normalized spacial score (nSPS) is 9.71. The Labute approximate surface area is 85.5 Å². The maximum atomic E-state index is 10.3. The minimum atomic E-state index is -0.431. The molecule has 0 aliphatic rings. The number of carbonyl (C=O) groups excluding carboxylic acids is 1. The van der Waals surface area contributed by atoms with E-state index < -0.39 is 4.92 Å². The third-order valence-corrected chi connectivity index (χ3v) is 2.60. The fraction of sp³-hybridized carbons (Fsp3) is 0.222. The first-order valence-corrected chi connectivity index (χ1v) is 5.03. The van der Waals surface area contributed by atoms with Crippen molar-refractivity contribution in [2.75, 3.05) is 5.75 Å². The molecule has 5 heteroatoms. The number of nitro benzene ring substituents is 1. The van der Waals surface area contributed by atoms with Crippen LogP contribution in [0.1, 0.15) is 6.42 Å². The monoisotopic (exact) mass is 211 g/mol. The van der Waals surface area contributed by atoms with Gasteiger partial charge in [-0.15, -0.1) is 11.8 Å². The van der Waals surface area contributed by atoms with Crippen LogP contribution in [0, 0.1) is 10.1 Å². The predicted molar refractivity (Wildman–Crippen MR) is 54.5 cm³/mol. The van der Waals surface area contributed by atoms with E-state index in [4.69, 9.17) is 0 Å². The molecule has 0 amide bonds. The van der Waals surface area contributed by atoms with Gasteiger partial charge in [-0.25, -0.2) is 0 Å². The third kappa shape index (κ3) is 3.18. The Balaban J connectivity index is 2.55. The molecule has 4 nitrogen and oxygen atoms in total. The van der Waals surface area contributed by atoms with E-state index in [0.29, 0.717) is 12.2 Å².